The third-order valence-corrected chi connectivity index (χ3v) is 2.05. The molecule has 0 saturated carbocycles. The molecule has 1 saturated heterocycles. The highest BCUT2D eigenvalue weighted by atomic mass is 16.5. The molecule has 0 unspecified atom stereocenters. The van der Waals surface area contributed by atoms with Gasteiger partial charge in [0.1, 0.15) is 6.29 Å². The molecule has 0 N–H and O–H groups in total. The third-order valence-electron chi connectivity index (χ3n) is 2.05. The first-order valence-corrected chi connectivity index (χ1v) is 3.46. The van der Waals surface area contributed by atoms with E-state index in [9.17, 15) is 4.79 Å². The van der Waals surface area contributed by atoms with E-state index in [2.05, 4.69) is 0 Å². The Morgan fingerprint density at radius 2 is 2.40 bits per heavy atom. The molecule has 0 amide bonds. The van der Waals surface area contributed by atoms with Crippen LogP contribution >= 0.6 is 0 Å². The summed E-state index contributed by atoms with van der Waals surface area (Å²) in [7, 11) is 3.63. The van der Waals surface area contributed by atoms with Gasteiger partial charge in [-0.2, -0.15) is 0 Å². The van der Waals surface area contributed by atoms with E-state index < -0.39 is 0 Å². The summed E-state index contributed by atoms with van der Waals surface area (Å²) < 4.78 is 5.11. The van der Waals surface area contributed by atoms with Gasteiger partial charge in [-0.15, -0.1) is 0 Å². The van der Waals surface area contributed by atoms with E-state index in [1.165, 1.54) is 0 Å². The fourth-order valence-corrected chi connectivity index (χ4v) is 1.31. The third kappa shape index (κ3) is 1.36. The topological polar surface area (TPSA) is 29.5 Å². The number of hydrogen-bond acceptors (Lipinski definition) is 3. The van der Waals surface area contributed by atoms with Crippen LogP contribution in [0.15, 0.2) is 0 Å². The first-order chi connectivity index (χ1) is 4.77. The zero-order valence-corrected chi connectivity index (χ0v) is 6.41. The van der Waals surface area contributed by atoms with Gasteiger partial charge in [-0.1, -0.05) is 0 Å². The maximum Gasteiger partial charge on any atom is 0.137 e. The first kappa shape index (κ1) is 7.69. The summed E-state index contributed by atoms with van der Waals surface area (Å²) in [5.74, 6) is 0. The Hall–Kier alpha value is -0.410. The number of carbonyl (C=O) groups is 1. The molecule has 0 aromatic rings. The summed E-state index contributed by atoms with van der Waals surface area (Å²) in [5.41, 5.74) is 0. The molecule has 0 aromatic carbocycles. The molecule has 1 aliphatic heterocycles. The lowest BCUT2D eigenvalue weighted by Gasteiger charge is -2.10. The largest absolute Gasteiger partial charge is 0.380 e. The minimum atomic E-state index is 0.0740. The van der Waals surface area contributed by atoms with Gasteiger partial charge in [-0.25, -0.2) is 0 Å². The lowest BCUT2D eigenvalue weighted by molar-refractivity contribution is -0.111. The average molecular weight is 143 g/mol. The number of ether oxygens (including phenoxy) is 1. The number of methoxy groups -OCH3 is 1. The van der Waals surface area contributed by atoms with Crippen LogP contribution in [0.1, 0.15) is 6.42 Å². The van der Waals surface area contributed by atoms with Gasteiger partial charge in [0.25, 0.3) is 0 Å². The maximum atomic E-state index is 10.4. The van der Waals surface area contributed by atoms with Crippen LogP contribution in [0.3, 0.4) is 0 Å². The van der Waals surface area contributed by atoms with Gasteiger partial charge < -0.3 is 9.53 Å². The average Bonchev–Trinajstić information content (AvgIpc) is 2.30. The van der Waals surface area contributed by atoms with Crippen LogP contribution in [0.5, 0.6) is 0 Å². The first-order valence-electron chi connectivity index (χ1n) is 3.46. The van der Waals surface area contributed by atoms with Crippen LogP contribution in [-0.2, 0) is 9.53 Å². The van der Waals surface area contributed by atoms with Crippen LogP contribution < -0.4 is 0 Å². The van der Waals surface area contributed by atoms with Gasteiger partial charge in [0.2, 0.25) is 0 Å². The Bertz CT molecular complexity index is 127. The van der Waals surface area contributed by atoms with Gasteiger partial charge >= 0.3 is 0 Å². The fourth-order valence-electron chi connectivity index (χ4n) is 1.31. The number of hydrogen-bond donors (Lipinski definition) is 0. The Morgan fingerprint density at radius 1 is 1.70 bits per heavy atom. The summed E-state index contributed by atoms with van der Waals surface area (Å²) in [5, 5.41) is 0. The van der Waals surface area contributed by atoms with E-state index in [0.29, 0.717) is 0 Å². The van der Waals surface area contributed by atoms with Gasteiger partial charge in [-0.05, 0) is 13.5 Å². The maximum absolute atomic E-state index is 10.4. The quantitative estimate of drug-likeness (QED) is 0.506. The zero-order chi connectivity index (χ0) is 7.56. The van der Waals surface area contributed by atoms with Gasteiger partial charge in [0.15, 0.2) is 0 Å². The predicted octanol–water partition coefficient (Wildman–Crippen LogP) is -0.0956. The van der Waals surface area contributed by atoms with E-state index in [4.69, 9.17) is 4.74 Å². The van der Waals surface area contributed by atoms with Crippen LogP contribution in [0.2, 0.25) is 0 Å². The summed E-state index contributed by atoms with van der Waals surface area (Å²) >= 11 is 0. The molecule has 0 spiro atoms. The van der Waals surface area contributed by atoms with Crippen molar-refractivity contribution in [2.24, 2.45) is 0 Å². The zero-order valence-electron chi connectivity index (χ0n) is 6.41. The van der Waals surface area contributed by atoms with Gasteiger partial charge in [0, 0.05) is 13.7 Å². The summed E-state index contributed by atoms with van der Waals surface area (Å²) in [4.78, 5) is 12.4. The van der Waals surface area contributed by atoms with Gasteiger partial charge in [0.05, 0.1) is 12.1 Å². The molecule has 0 aromatic heterocycles. The van der Waals surface area contributed by atoms with Crippen molar-refractivity contribution in [2.75, 3.05) is 20.7 Å². The number of nitrogens with zero attached hydrogens (tertiary/aromatic N) is 1. The van der Waals surface area contributed by atoms with Crippen molar-refractivity contribution in [3.05, 3.63) is 0 Å². The lowest BCUT2D eigenvalue weighted by atomic mass is 10.2. The molecule has 3 heteroatoms. The smallest absolute Gasteiger partial charge is 0.137 e. The summed E-state index contributed by atoms with van der Waals surface area (Å²) in [6.45, 7) is 0.875. The molecule has 1 fully saturated rings. The highest BCUT2D eigenvalue weighted by Gasteiger charge is 2.28. The number of rotatable bonds is 2. The molecule has 1 rings (SSSR count). The van der Waals surface area contributed by atoms with E-state index in [0.717, 1.165) is 19.3 Å². The van der Waals surface area contributed by atoms with Crippen LogP contribution in [0.25, 0.3) is 0 Å². The lowest BCUT2D eigenvalue weighted by Crippen LogP contribution is -2.26. The normalized spacial score (nSPS) is 34.6. The highest BCUT2D eigenvalue weighted by Crippen LogP contribution is 2.15. The molecular formula is C7H13NO2. The fraction of sp³-hybridized carbons (Fsp3) is 0.857. The van der Waals surface area contributed by atoms with E-state index in [1.807, 2.05) is 11.9 Å². The second-order valence-corrected chi connectivity index (χ2v) is 2.74. The summed E-state index contributed by atoms with van der Waals surface area (Å²) in [6, 6.07) is 0.0740. The van der Waals surface area contributed by atoms with Crippen molar-refractivity contribution in [1.29, 1.82) is 0 Å². The van der Waals surface area contributed by atoms with Crippen molar-refractivity contribution >= 4 is 6.29 Å². The second-order valence-electron chi connectivity index (χ2n) is 2.74. The van der Waals surface area contributed by atoms with Crippen LogP contribution in [0.4, 0.5) is 0 Å². The minimum absolute atomic E-state index is 0.0740. The standard InChI is InChI=1S/C7H13NO2/c1-8-4-7(10-2)3-6(8)5-9/h5-7H,3-4H2,1-2H3/t6-,7+/m0/s1. The molecule has 10 heavy (non-hydrogen) atoms. The molecule has 0 radical (unpaired) electrons. The van der Waals surface area contributed by atoms with E-state index in [-0.39, 0.29) is 12.1 Å². The number of likely N-dealkylation sites (tertiary alicyclic amines) is 1. The Morgan fingerprint density at radius 3 is 2.70 bits per heavy atom. The Kier molecular flexibility index (Phi) is 2.40. The van der Waals surface area contributed by atoms with Gasteiger partial charge in [-0.3, -0.25) is 4.90 Å². The van der Waals surface area contributed by atoms with Crippen molar-refractivity contribution in [3.8, 4) is 0 Å². The number of aldehydes is 1. The second kappa shape index (κ2) is 3.12. The minimum Gasteiger partial charge on any atom is -0.380 e. The molecule has 0 aliphatic carbocycles. The number of carbonyl (C=O) groups excluding carboxylic acids is 1. The predicted molar refractivity (Wildman–Crippen MR) is 37.9 cm³/mol. The molecule has 58 valence electrons. The van der Waals surface area contributed by atoms with Crippen molar-refractivity contribution in [1.82, 2.24) is 4.90 Å². The van der Waals surface area contributed by atoms with E-state index in [1.54, 1.807) is 7.11 Å². The number of likely N-dealkylation sites (N-methyl/N-ethyl adjacent to an activating group) is 1. The SMILES string of the molecule is CO[C@@H]1C[C@@H](C=O)N(C)C1. The highest BCUT2D eigenvalue weighted by molar-refractivity contribution is 5.58. The molecule has 1 aliphatic rings. The molecule has 2 atom stereocenters. The molecule has 0 bridgehead atoms. The molecule has 3 nitrogen and oxygen atoms in total. The monoisotopic (exact) mass is 143 g/mol. The Balaban J connectivity index is 2.43. The van der Waals surface area contributed by atoms with E-state index >= 15 is 0 Å². The Labute approximate surface area is 61.0 Å². The van der Waals surface area contributed by atoms with Crippen molar-refractivity contribution in [2.45, 2.75) is 18.6 Å². The van der Waals surface area contributed by atoms with Crippen molar-refractivity contribution in [3.63, 3.8) is 0 Å². The summed E-state index contributed by atoms with van der Waals surface area (Å²) in [6.07, 6.45) is 2.08. The van der Waals surface area contributed by atoms with Crippen LogP contribution in [0, 0.1) is 0 Å². The molecule has 1 heterocycles. The van der Waals surface area contributed by atoms with Crippen LogP contribution in [-0.4, -0.2) is 44.0 Å². The molecular weight excluding hydrogens is 130 g/mol. The van der Waals surface area contributed by atoms with Crippen molar-refractivity contribution < 1.29 is 9.53 Å².